The summed E-state index contributed by atoms with van der Waals surface area (Å²) in [7, 11) is 1.72. The summed E-state index contributed by atoms with van der Waals surface area (Å²) in [6.07, 6.45) is 5.18. The van der Waals surface area contributed by atoms with Gasteiger partial charge in [0.15, 0.2) is 0 Å². The Morgan fingerprint density at radius 2 is 1.47 bits per heavy atom. The fourth-order valence-corrected chi connectivity index (χ4v) is 4.67. The van der Waals surface area contributed by atoms with Gasteiger partial charge in [-0.2, -0.15) is 0 Å². The van der Waals surface area contributed by atoms with Crippen molar-refractivity contribution in [2.45, 2.75) is 44.1 Å². The fourth-order valence-electron chi connectivity index (χ4n) is 1.67. The molecule has 1 rings (SSSR count). The number of hydrogen-bond donors (Lipinski definition) is 0. The van der Waals surface area contributed by atoms with Gasteiger partial charge in [0.1, 0.15) is 5.75 Å². The largest absolute Gasteiger partial charge is 0.497 e. The van der Waals surface area contributed by atoms with Crippen molar-refractivity contribution in [3.05, 3.63) is 29.8 Å². The summed E-state index contributed by atoms with van der Waals surface area (Å²) in [5.41, 5.74) is 1.42. The number of benzene rings is 1. The van der Waals surface area contributed by atoms with Crippen molar-refractivity contribution >= 4 is 23.5 Å². The Kier molecular flexibility index (Phi) is 9.27. The zero-order chi connectivity index (χ0) is 13.9. The summed E-state index contributed by atoms with van der Waals surface area (Å²) in [5.74, 6) is 3.46. The Labute approximate surface area is 126 Å². The van der Waals surface area contributed by atoms with Gasteiger partial charge in [0.25, 0.3) is 0 Å². The van der Waals surface area contributed by atoms with Gasteiger partial charge in [-0.05, 0) is 42.0 Å². The minimum atomic E-state index is 0.573. The highest BCUT2D eigenvalue weighted by Crippen LogP contribution is 2.40. The van der Waals surface area contributed by atoms with E-state index < -0.39 is 0 Å². The number of thioether (sulfide) groups is 2. The van der Waals surface area contributed by atoms with Gasteiger partial charge < -0.3 is 4.74 Å². The molecule has 0 aliphatic rings. The smallest absolute Gasteiger partial charge is 0.118 e. The quantitative estimate of drug-likeness (QED) is 0.401. The highest BCUT2D eigenvalue weighted by atomic mass is 32.2. The zero-order valence-electron chi connectivity index (χ0n) is 12.4. The molecule has 0 amide bonds. The molecule has 3 heteroatoms. The molecule has 108 valence electrons. The second kappa shape index (κ2) is 10.5. The van der Waals surface area contributed by atoms with E-state index in [2.05, 4.69) is 61.6 Å². The number of ether oxygens (including phenoxy) is 1. The van der Waals surface area contributed by atoms with Crippen molar-refractivity contribution in [2.24, 2.45) is 0 Å². The molecule has 19 heavy (non-hydrogen) atoms. The van der Waals surface area contributed by atoms with E-state index in [-0.39, 0.29) is 0 Å². The van der Waals surface area contributed by atoms with Crippen molar-refractivity contribution in [1.29, 1.82) is 0 Å². The Balaban J connectivity index is 2.58. The predicted molar refractivity (Wildman–Crippen MR) is 90.5 cm³/mol. The van der Waals surface area contributed by atoms with Crippen molar-refractivity contribution in [1.82, 2.24) is 0 Å². The molecule has 0 N–H and O–H groups in total. The summed E-state index contributed by atoms with van der Waals surface area (Å²) < 4.78 is 5.81. The Morgan fingerprint density at radius 3 is 1.89 bits per heavy atom. The summed E-state index contributed by atoms with van der Waals surface area (Å²) >= 11 is 4.17. The SMILES string of the molecule is CCCCSC(SCCCC)c1ccc(OC)cc1. The van der Waals surface area contributed by atoms with Gasteiger partial charge in [0, 0.05) is 0 Å². The van der Waals surface area contributed by atoms with E-state index in [1.54, 1.807) is 7.11 Å². The van der Waals surface area contributed by atoms with E-state index in [1.807, 2.05) is 0 Å². The molecule has 0 saturated heterocycles. The minimum Gasteiger partial charge on any atom is -0.497 e. The Hall–Kier alpha value is -0.280. The molecule has 0 bridgehead atoms. The van der Waals surface area contributed by atoms with Crippen LogP contribution in [0, 0.1) is 0 Å². The first-order chi connectivity index (χ1) is 9.31. The van der Waals surface area contributed by atoms with Crippen molar-refractivity contribution < 1.29 is 4.74 Å². The maximum atomic E-state index is 5.23. The molecule has 0 heterocycles. The molecule has 0 atom stereocenters. The van der Waals surface area contributed by atoms with Crippen LogP contribution in [-0.2, 0) is 0 Å². The van der Waals surface area contributed by atoms with Crippen molar-refractivity contribution in [2.75, 3.05) is 18.6 Å². The third-order valence-corrected chi connectivity index (χ3v) is 5.94. The van der Waals surface area contributed by atoms with E-state index in [0.717, 1.165) is 5.75 Å². The number of hydrogen-bond acceptors (Lipinski definition) is 3. The van der Waals surface area contributed by atoms with Crippen LogP contribution < -0.4 is 4.74 Å². The third-order valence-electron chi connectivity index (χ3n) is 2.92. The lowest BCUT2D eigenvalue weighted by Crippen LogP contribution is -1.94. The molecule has 0 aromatic heterocycles. The Morgan fingerprint density at radius 1 is 0.947 bits per heavy atom. The normalized spacial score (nSPS) is 10.9. The first-order valence-corrected chi connectivity index (χ1v) is 9.28. The van der Waals surface area contributed by atoms with Crippen LogP contribution in [0.5, 0.6) is 5.75 Å². The first kappa shape index (κ1) is 16.8. The molecule has 0 aliphatic carbocycles. The van der Waals surface area contributed by atoms with Crippen LogP contribution in [-0.4, -0.2) is 18.6 Å². The lowest BCUT2D eigenvalue weighted by atomic mass is 10.2. The minimum absolute atomic E-state index is 0.573. The lowest BCUT2D eigenvalue weighted by Gasteiger charge is -2.17. The average Bonchev–Trinajstić information content (AvgIpc) is 2.46. The number of unbranched alkanes of at least 4 members (excludes halogenated alkanes) is 2. The monoisotopic (exact) mass is 298 g/mol. The van der Waals surface area contributed by atoms with Crippen LogP contribution in [0.2, 0.25) is 0 Å². The molecule has 0 saturated carbocycles. The molecule has 0 aliphatic heterocycles. The van der Waals surface area contributed by atoms with Gasteiger partial charge in [0.05, 0.1) is 11.7 Å². The van der Waals surface area contributed by atoms with Crippen LogP contribution in [0.3, 0.4) is 0 Å². The van der Waals surface area contributed by atoms with Crippen molar-refractivity contribution in [3.63, 3.8) is 0 Å². The van der Waals surface area contributed by atoms with Crippen LogP contribution in [0.4, 0.5) is 0 Å². The molecule has 0 fully saturated rings. The molecular formula is C16H26OS2. The van der Waals surface area contributed by atoms with E-state index in [0.29, 0.717) is 4.58 Å². The topological polar surface area (TPSA) is 9.23 Å². The number of methoxy groups -OCH3 is 1. The second-order valence-corrected chi connectivity index (χ2v) is 7.28. The van der Waals surface area contributed by atoms with Crippen LogP contribution in [0.1, 0.15) is 49.7 Å². The number of rotatable bonds is 10. The maximum Gasteiger partial charge on any atom is 0.118 e. The summed E-state index contributed by atoms with van der Waals surface area (Å²) in [4.78, 5) is 0. The molecule has 1 aromatic carbocycles. The van der Waals surface area contributed by atoms with E-state index in [4.69, 9.17) is 4.74 Å². The van der Waals surface area contributed by atoms with Crippen LogP contribution >= 0.6 is 23.5 Å². The maximum absolute atomic E-state index is 5.23. The highest BCUT2D eigenvalue weighted by molar-refractivity contribution is 8.16. The van der Waals surface area contributed by atoms with Gasteiger partial charge in [-0.25, -0.2) is 0 Å². The fraction of sp³-hybridized carbons (Fsp3) is 0.625. The van der Waals surface area contributed by atoms with Crippen molar-refractivity contribution in [3.8, 4) is 5.75 Å². The molecule has 1 nitrogen and oxygen atoms in total. The van der Waals surface area contributed by atoms with Crippen LogP contribution in [0.25, 0.3) is 0 Å². The Bertz CT molecular complexity index is 314. The molecule has 0 radical (unpaired) electrons. The van der Waals surface area contributed by atoms with E-state index in [9.17, 15) is 0 Å². The highest BCUT2D eigenvalue weighted by Gasteiger charge is 2.12. The molecule has 0 spiro atoms. The average molecular weight is 299 g/mol. The van der Waals surface area contributed by atoms with Gasteiger partial charge in [-0.1, -0.05) is 38.8 Å². The summed E-state index contributed by atoms with van der Waals surface area (Å²) in [5, 5.41) is 0. The first-order valence-electron chi connectivity index (χ1n) is 7.19. The van der Waals surface area contributed by atoms with Gasteiger partial charge in [-0.15, -0.1) is 23.5 Å². The van der Waals surface area contributed by atoms with E-state index >= 15 is 0 Å². The third kappa shape index (κ3) is 6.62. The standard InChI is InChI=1S/C16H26OS2/c1-4-6-12-18-16(19-13-7-5-2)14-8-10-15(17-3)11-9-14/h8-11,16H,4-7,12-13H2,1-3H3. The van der Waals surface area contributed by atoms with Gasteiger partial charge in [0.2, 0.25) is 0 Å². The zero-order valence-corrected chi connectivity index (χ0v) is 14.0. The predicted octanol–water partition coefficient (Wildman–Crippen LogP) is 5.76. The molecule has 1 aromatic rings. The van der Waals surface area contributed by atoms with Gasteiger partial charge >= 0.3 is 0 Å². The van der Waals surface area contributed by atoms with E-state index in [1.165, 1.54) is 42.8 Å². The lowest BCUT2D eigenvalue weighted by molar-refractivity contribution is 0.414. The molecule has 0 unspecified atom stereocenters. The van der Waals surface area contributed by atoms with Crippen LogP contribution in [0.15, 0.2) is 24.3 Å². The second-order valence-electron chi connectivity index (χ2n) is 4.55. The summed E-state index contributed by atoms with van der Waals surface area (Å²) in [6.45, 7) is 4.51. The molecular weight excluding hydrogens is 272 g/mol. The van der Waals surface area contributed by atoms with Gasteiger partial charge in [-0.3, -0.25) is 0 Å². The summed E-state index contributed by atoms with van der Waals surface area (Å²) in [6, 6.07) is 8.56.